The summed E-state index contributed by atoms with van der Waals surface area (Å²) in [5.41, 5.74) is 1.80. The van der Waals surface area contributed by atoms with Crippen molar-refractivity contribution in [3.8, 4) is 0 Å². The maximum atomic E-state index is 13.0. The Morgan fingerprint density at radius 2 is 2.06 bits per heavy atom. The molecule has 2 aliphatic rings. The van der Waals surface area contributed by atoms with Crippen LogP contribution in [0.25, 0.3) is 10.9 Å². The van der Waals surface area contributed by atoms with Gasteiger partial charge in [0.05, 0.1) is 17.3 Å². The molecule has 2 atom stereocenters. The average molecular weight is 451 g/mol. The zero-order valence-corrected chi connectivity index (χ0v) is 18.3. The van der Waals surface area contributed by atoms with Gasteiger partial charge in [0.1, 0.15) is 11.1 Å². The van der Waals surface area contributed by atoms with Crippen molar-refractivity contribution < 1.29 is 13.2 Å². The molecule has 1 aliphatic heterocycles. The molecule has 0 radical (unpaired) electrons. The number of fused-ring (bicyclic) bond motifs is 2. The molecular formula is C22H22N6O3S. The maximum Gasteiger partial charge on any atom is 0.259 e. The molecule has 9 nitrogen and oxygen atoms in total. The summed E-state index contributed by atoms with van der Waals surface area (Å²) >= 11 is 0. The fraction of sp³-hybridized carbons (Fsp3) is 0.227. The number of aromatic nitrogens is 3. The van der Waals surface area contributed by atoms with E-state index in [1.165, 1.54) is 0 Å². The van der Waals surface area contributed by atoms with E-state index < -0.39 is 20.8 Å². The van der Waals surface area contributed by atoms with E-state index in [0.717, 1.165) is 16.6 Å². The summed E-state index contributed by atoms with van der Waals surface area (Å²) in [5.74, 6) is -0.209. The topological polar surface area (TPSA) is 129 Å². The van der Waals surface area contributed by atoms with E-state index >= 15 is 0 Å². The lowest BCUT2D eigenvalue weighted by molar-refractivity contribution is 0.0967. The number of amides is 1. The minimum Gasteiger partial charge on any atom is -0.340 e. The summed E-state index contributed by atoms with van der Waals surface area (Å²) in [7, 11) is -3.51. The summed E-state index contributed by atoms with van der Waals surface area (Å²) < 4.78 is 27.7. The second-order valence-electron chi connectivity index (χ2n) is 8.49. The van der Waals surface area contributed by atoms with Gasteiger partial charge in [-0.3, -0.25) is 9.89 Å². The number of allylic oxidation sites excluding steroid dienone is 1. The third-order valence-corrected chi connectivity index (χ3v) is 7.75. The van der Waals surface area contributed by atoms with Crippen LogP contribution >= 0.6 is 0 Å². The zero-order chi connectivity index (χ0) is 22.5. The molecule has 4 N–H and O–H groups in total. The highest BCUT2D eigenvalue weighted by molar-refractivity contribution is 7.90. The van der Waals surface area contributed by atoms with E-state index in [4.69, 9.17) is 0 Å². The number of anilines is 2. The number of nitrogens with zero attached hydrogens (tertiary/aromatic N) is 2. The van der Waals surface area contributed by atoms with Gasteiger partial charge in [-0.15, -0.1) is 0 Å². The number of carbonyl (C=O) groups is 1. The van der Waals surface area contributed by atoms with Crippen LogP contribution in [0.2, 0.25) is 0 Å². The van der Waals surface area contributed by atoms with Gasteiger partial charge in [0, 0.05) is 34.4 Å². The molecule has 2 aromatic heterocycles. The number of sulfonamides is 1. The van der Waals surface area contributed by atoms with Crippen molar-refractivity contribution in [2.75, 3.05) is 5.32 Å². The first kappa shape index (κ1) is 20.4. The van der Waals surface area contributed by atoms with E-state index in [-0.39, 0.29) is 11.8 Å². The van der Waals surface area contributed by atoms with Gasteiger partial charge < -0.3 is 10.6 Å². The van der Waals surface area contributed by atoms with Gasteiger partial charge in [0.15, 0.2) is 0 Å². The summed E-state index contributed by atoms with van der Waals surface area (Å²) in [6.45, 7) is 3.70. The van der Waals surface area contributed by atoms with Crippen LogP contribution in [-0.2, 0) is 10.0 Å². The molecule has 1 amide bonds. The fourth-order valence-corrected chi connectivity index (χ4v) is 6.36. The Hall–Kier alpha value is -3.50. The van der Waals surface area contributed by atoms with Crippen molar-refractivity contribution in [1.29, 1.82) is 0 Å². The molecule has 3 aromatic rings. The smallest absolute Gasteiger partial charge is 0.259 e. The van der Waals surface area contributed by atoms with Gasteiger partial charge in [-0.05, 0) is 56.3 Å². The van der Waals surface area contributed by atoms with E-state index in [2.05, 4.69) is 30.5 Å². The van der Waals surface area contributed by atoms with Crippen LogP contribution in [0, 0.1) is 5.92 Å². The molecule has 5 rings (SSSR count). The van der Waals surface area contributed by atoms with Gasteiger partial charge in [0.25, 0.3) is 5.91 Å². The molecule has 32 heavy (non-hydrogen) atoms. The molecule has 3 heterocycles. The molecule has 0 spiro atoms. The van der Waals surface area contributed by atoms with Crippen LogP contribution < -0.4 is 15.4 Å². The highest BCUT2D eigenvalue weighted by atomic mass is 32.2. The number of benzene rings is 1. The minimum absolute atomic E-state index is 0.207. The van der Waals surface area contributed by atoms with Crippen molar-refractivity contribution in [3.05, 3.63) is 72.2 Å². The molecule has 1 aromatic carbocycles. The lowest BCUT2D eigenvalue weighted by Crippen LogP contribution is -2.39. The SMILES string of the molecule is CC1(C)NS(=O)(=O)C2C=C(NC(=O)c3cccnc3Nc3ccc4cn[nH]c4c3)C=CC21. The second-order valence-corrected chi connectivity index (χ2v) is 10.3. The number of carbonyl (C=O) groups excluding carboxylic acids is 1. The first-order valence-corrected chi connectivity index (χ1v) is 11.7. The third kappa shape index (κ3) is 3.57. The minimum atomic E-state index is -3.51. The summed E-state index contributed by atoms with van der Waals surface area (Å²) in [4.78, 5) is 17.3. The van der Waals surface area contributed by atoms with E-state index in [9.17, 15) is 13.2 Å². The predicted octanol–water partition coefficient (Wildman–Crippen LogP) is 2.58. The standard InChI is InChI=1S/C22H22N6O3S/c1-22(2)17-8-7-15(11-19(17)32(30,31)28-22)26-21(29)16-4-3-9-23-20(16)25-14-6-5-13-12-24-27-18(13)10-14/h3-12,17,19,28H,1-2H3,(H,23,25)(H,24,27)(H,26,29). The predicted molar refractivity (Wildman–Crippen MR) is 122 cm³/mol. The first-order valence-electron chi connectivity index (χ1n) is 10.1. The fourth-order valence-electron chi connectivity index (χ4n) is 4.21. The monoisotopic (exact) mass is 450 g/mol. The summed E-state index contributed by atoms with van der Waals surface area (Å²) in [5, 5.41) is 13.1. The van der Waals surface area contributed by atoms with Crippen LogP contribution in [0.5, 0.6) is 0 Å². The molecule has 164 valence electrons. The van der Waals surface area contributed by atoms with Crippen molar-refractivity contribution in [2.24, 2.45) is 5.92 Å². The summed E-state index contributed by atoms with van der Waals surface area (Å²) in [6.07, 6.45) is 8.50. The van der Waals surface area contributed by atoms with Crippen LogP contribution in [0.4, 0.5) is 11.5 Å². The third-order valence-electron chi connectivity index (χ3n) is 5.79. The molecule has 0 saturated carbocycles. The van der Waals surface area contributed by atoms with Gasteiger partial charge in [0.2, 0.25) is 10.0 Å². The number of hydrogen-bond donors (Lipinski definition) is 4. The molecule has 10 heteroatoms. The molecule has 1 aliphatic carbocycles. The Bertz CT molecular complexity index is 1390. The van der Waals surface area contributed by atoms with Crippen molar-refractivity contribution in [3.63, 3.8) is 0 Å². The van der Waals surface area contributed by atoms with Crippen molar-refractivity contribution >= 4 is 38.3 Å². The molecule has 0 bridgehead atoms. The van der Waals surface area contributed by atoms with Crippen molar-refractivity contribution in [1.82, 2.24) is 25.2 Å². The number of nitrogens with one attached hydrogen (secondary N) is 4. The zero-order valence-electron chi connectivity index (χ0n) is 17.5. The Balaban J connectivity index is 1.38. The number of pyridine rings is 1. The largest absolute Gasteiger partial charge is 0.340 e. The van der Waals surface area contributed by atoms with Gasteiger partial charge >= 0.3 is 0 Å². The normalized spacial score (nSPS) is 22.9. The Morgan fingerprint density at radius 1 is 1.22 bits per heavy atom. The van der Waals surface area contributed by atoms with Crippen LogP contribution in [0.3, 0.4) is 0 Å². The number of H-pyrrole nitrogens is 1. The van der Waals surface area contributed by atoms with Gasteiger partial charge in [-0.1, -0.05) is 6.08 Å². The number of rotatable bonds is 4. The highest BCUT2D eigenvalue weighted by Crippen LogP contribution is 2.37. The Morgan fingerprint density at radius 3 is 2.91 bits per heavy atom. The lowest BCUT2D eigenvalue weighted by atomic mass is 9.83. The lowest BCUT2D eigenvalue weighted by Gasteiger charge is -2.26. The number of hydrogen-bond acceptors (Lipinski definition) is 6. The Labute approximate surface area is 185 Å². The van der Waals surface area contributed by atoms with E-state index in [1.54, 1.807) is 36.7 Å². The highest BCUT2D eigenvalue weighted by Gasteiger charge is 2.50. The van der Waals surface area contributed by atoms with Crippen LogP contribution in [0.1, 0.15) is 24.2 Å². The van der Waals surface area contributed by atoms with Crippen LogP contribution in [-0.4, -0.2) is 40.3 Å². The molecule has 2 unspecified atom stereocenters. The first-order chi connectivity index (χ1) is 15.2. The van der Waals surface area contributed by atoms with Crippen molar-refractivity contribution in [2.45, 2.75) is 24.6 Å². The molecule has 1 fully saturated rings. The van der Waals surface area contributed by atoms with E-state index in [0.29, 0.717) is 17.1 Å². The quantitative estimate of drug-likeness (QED) is 0.484. The molecular weight excluding hydrogens is 428 g/mol. The number of aromatic amines is 1. The van der Waals surface area contributed by atoms with Gasteiger partial charge in [-0.2, -0.15) is 5.10 Å². The average Bonchev–Trinajstić information content (AvgIpc) is 3.27. The Kier molecular flexibility index (Phi) is 4.64. The molecule has 1 saturated heterocycles. The maximum absolute atomic E-state index is 13.0. The second kappa shape index (κ2) is 7.28. The van der Waals surface area contributed by atoms with E-state index in [1.807, 2.05) is 38.1 Å². The van der Waals surface area contributed by atoms with Crippen LogP contribution in [0.15, 0.2) is 66.7 Å². The van der Waals surface area contributed by atoms with Gasteiger partial charge in [-0.25, -0.2) is 18.1 Å². The summed E-state index contributed by atoms with van der Waals surface area (Å²) in [6, 6.07) is 9.00.